The predicted molar refractivity (Wildman–Crippen MR) is 88.0 cm³/mol. The summed E-state index contributed by atoms with van der Waals surface area (Å²) in [6.07, 6.45) is 8.22. The highest BCUT2D eigenvalue weighted by atomic mass is 16.4. The lowest BCUT2D eigenvalue weighted by atomic mass is 9.88. The number of aliphatic hydroxyl groups is 2. The molecule has 0 amide bonds. The van der Waals surface area contributed by atoms with Crippen LogP contribution in [0.5, 0.6) is 0 Å². The number of hydrogen-bond donors (Lipinski definition) is 3. The molecule has 132 valence electrons. The Balaban J connectivity index is 2.48. The summed E-state index contributed by atoms with van der Waals surface area (Å²) in [4.78, 5) is 22.5. The number of carboxylic acid groups (broad SMARTS) is 1. The summed E-state index contributed by atoms with van der Waals surface area (Å²) in [5, 5.41) is 28.6. The topological polar surface area (TPSA) is 94.8 Å². The second kappa shape index (κ2) is 10.6. The van der Waals surface area contributed by atoms with Gasteiger partial charge in [-0.3, -0.25) is 9.59 Å². The molecule has 0 heterocycles. The Kier molecular flexibility index (Phi) is 9.10. The highest BCUT2D eigenvalue weighted by Gasteiger charge is 2.39. The van der Waals surface area contributed by atoms with Gasteiger partial charge in [-0.15, -0.1) is 0 Å². The molecule has 0 unspecified atom stereocenters. The number of ketones is 1. The van der Waals surface area contributed by atoms with E-state index in [1.165, 1.54) is 0 Å². The van der Waals surface area contributed by atoms with Crippen LogP contribution in [0.25, 0.3) is 0 Å². The van der Waals surface area contributed by atoms with Crippen LogP contribution in [-0.4, -0.2) is 39.3 Å². The van der Waals surface area contributed by atoms with E-state index >= 15 is 0 Å². The number of Topliss-reactive ketones (excluding diaryl/α,β-unsaturated/α-hetero) is 1. The Bertz CT molecular complexity index is 404. The molecule has 1 fully saturated rings. The van der Waals surface area contributed by atoms with Crippen molar-refractivity contribution in [1.82, 2.24) is 0 Å². The van der Waals surface area contributed by atoms with Crippen molar-refractivity contribution < 1.29 is 24.9 Å². The monoisotopic (exact) mass is 326 g/mol. The lowest BCUT2D eigenvalue weighted by Gasteiger charge is -2.18. The average molecular weight is 326 g/mol. The first-order valence-corrected chi connectivity index (χ1v) is 8.74. The number of hydrogen-bond acceptors (Lipinski definition) is 4. The number of rotatable bonds is 11. The minimum absolute atomic E-state index is 0.0118. The minimum atomic E-state index is -0.820. The summed E-state index contributed by atoms with van der Waals surface area (Å²) < 4.78 is 0. The molecule has 23 heavy (non-hydrogen) atoms. The molecule has 4 atom stereocenters. The van der Waals surface area contributed by atoms with Crippen molar-refractivity contribution in [2.45, 2.75) is 76.9 Å². The summed E-state index contributed by atoms with van der Waals surface area (Å²) in [5.41, 5.74) is 0. The first kappa shape index (κ1) is 19.8. The molecule has 5 nitrogen and oxygen atoms in total. The van der Waals surface area contributed by atoms with Crippen LogP contribution in [-0.2, 0) is 9.59 Å². The molecule has 0 spiro atoms. The molecular formula is C18H30O5. The zero-order valence-electron chi connectivity index (χ0n) is 14.0. The van der Waals surface area contributed by atoms with Gasteiger partial charge >= 0.3 is 5.97 Å². The van der Waals surface area contributed by atoms with Crippen molar-refractivity contribution in [2.24, 2.45) is 11.8 Å². The van der Waals surface area contributed by atoms with E-state index in [1.807, 2.05) is 0 Å². The van der Waals surface area contributed by atoms with E-state index in [0.29, 0.717) is 25.7 Å². The number of unbranched alkanes of at least 4 members (excludes halogenated alkanes) is 3. The fourth-order valence-electron chi connectivity index (χ4n) is 3.20. The number of carbonyl (C=O) groups is 2. The van der Waals surface area contributed by atoms with Crippen LogP contribution in [0, 0.1) is 11.8 Å². The highest BCUT2D eigenvalue weighted by Crippen LogP contribution is 2.34. The average Bonchev–Trinajstić information content (AvgIpc) is 2.75. The van der Waals surface area contributed by atoms with Crippen LogP contribution in [0.4, 0.5) is 0 Å². The third kappa shape index (κ3) is 7.27. The Labute approximate surface area is 138 Å². The Morgan fingerprint density at radius 2 is 2.04 bits per heavy atom. The van der Waals surface area contributed by atoms with Crippen molar-refractivity contribution in [3.05, 3.63) is 12.2 Å². The van der Waals surface area contributed by atoms with Crippen LogP contribution in [0.2, 0.25) is 0 Å². The van der Waals surface area contributed by atoms with E-state index in [1.54, 1.807) is 12.2 Å². The zero-order chi connectivity index (χ0) is 17.2. The zero-order valence-corrected chi connectivity index (χ0v) is 14.0. The van der Waals surface area contributed by atoms with Gasteiger partial charge in [-0.25, -0.2) is 0 Å². The fourth-order valence-corrected chi connectivity index (χ4v) is 3.20. The number of aliphatic carboxylic acids is 1. The second-order valence-electron chi connectivity index (χ2n) is 6.51. The van der Waals surface area contributed by atoms with Crippen LogP contribution in [0.1, 0.15) is 64.7 Å². The lowest BCUT2D eigenvalue weighted by molar-refractivity contribution is -0.137. The third-order valence-electron chi connectivity index (χ3n) is 4.56. The molecule has 5 heteroatoms. The van der Waals surface area contributed by atoms with Gasteiger partial charge in [0.1, 0.15) is 5.78 Å². The van der Waals surface area contributed by atoms with Crippen LogP contribution in [0.15, 0.2) is 12.2 Å². The van der Waals surface area contributed by atoms with Gasteiger partial charge in [-0.2, -0.15) is 0 Å². The number of carbonyl (C=O) groups excluding carboxylic acids is 1. The molecule has 0 aliphatic heterocycles. The normalized spacial score (nSPS) is 26.0. The molecule has 0 aromatic rings. The molecule has 0 radical (unpaired) electrons. The molecule has 0 bridgehead atoms. The molecule has 3 N–H and O–H groups in total. The molecular weight excluding hydrogens is 296 g/mol. The summed E-state index contributed by atoms with van der Waals surface area (Å²) in [7, 11) is 0. The van der Waals surface area contributed by atoms with Crippen molar-refractivity contribution >= 4 is 11.8 Å². The van der Waals surface area contributed by atoms with E-state index in [-0.39, 0.29) is 30.5 Å². The third-order valence-corrected chi connectivity index (χ3v) is 4.56. The van der Waals surface area contributed by atoms with Gasteiger partial charge in [0.2, 0.25) is 0 Å². The van der Waals surface area contributed by atoms with E-state index in [4.69, 9.17) is 5.11 Å². The van der Waals surface area contributed by atoms with Gasteiger partial charge in [0.25, 0.3) is 0 Å². The smallest absolute Gasteiger partial charge is 0.303 e. The molecule has 1 saturated carbocycles. The summed E-state index contributed by atoms with van der Waals surface area (Å²) in [5.74, 6) is -1.32. The predicted octanol–water partition coefficient (Wildman–Crippen LogP) is 2.69. The Morgan fingerprint density at radius 3 is 2.70 bits per heavy atom. The minimum Gasteiger partial charge on any atom is -0.481 e. The van der Waals surface area contributed by atoms with Gasteiger partial charge in [0.05, 0.1) is 12.2 Å². The maximum absolute atomic E-state index is 12.0. The van der Waals surface area contributed by atoms with Gasteiger partial charge < -0.3 is 15.3 Å². The van der Waals surface area contributed by atoms with E-state index < -0.39 is 18.2 Å². The Morgan fingerprint density at radius 1 is 1.30 bits per heavy atom. The highest BCUT2D eigenvalue weighted by molar-refractivity contribution is 5.85. The SMILES string of the molecule is CCCCC[C@@H](O)/C=C/[C@H]1C(=O)C[C@H](O)[C@H]1CCCCC(=O)O. The summed E-state index contributed by atoms with van der Waals surface area (Å²) in [6.45, 7) is 2.11. The lowest BCUT2D eigenvalue weighted by Crippen LogP contribution is -2.19. The van der Waals surface area contributed by atoms with Gasteiger partial charge in [-0.1, -0.05) is 44.8 Å². The number of aliphatic hydroxyl groups excluding tert-OH is 2. The first-order valence-electron chi connectivity index (χ1n) is 8.74. The Hall–Kier alpha value is -1.20. The maximum Gasteiger partial charge on any atom is 0.303 e. The first-order chi connectivity index (χ1) is 11.0. The van der Waals surface area contributed by atoms with E-state index in [2.05, 4.69) is 6.92 Å². The van der Waals surface area contributed by atoms with Gasteiger partial charge in [0.15, 0.2) is 0 Å². The molecule has 0 saturated heterocycles. The van der Waals surface area contributed by atoms with Crippen LogP contribution in [0.3, 0.4) is 0 Å². The van der Waals surface area contributed by atoms with Gasteiger partial charge in [-0.05, 0) is 25.2 Å². The largest absolute Gasteiger partial charge is 0.481 e. The second-order valence-corrected chi connectivity index (χ2v) is 6.51. The molecule has 1 rings (SSSR count). The van der Waals surface area contributed by atoms with E-state index in [0.717, 1.165) is 19.3 Å². The molecule has 1 aliphatic rings. The van der Waals surface area contributed by atoms with Crippen molar-refractivity contribution in [1.29, 1.82) is 0 Å². The van der Waals surface area contributed by atoms with Crippen LogP contribution < -0.4 is 0 Å². The quantitative estimate of drug-likeness (QED) is 0.401. The maximum atomic E-state index is 12.0. The van der Waals surface area contributed by atoms with Crippen molar-refractivity contribution in [2.75, 3.05) is 0 Å². The van der Waals surface area contributed by atoms with E-state index in [9.17, 15) is 19.8 Å². The standard InChI is InChI=1S/C18H30O5/c1-2-3-4-7-13(19)10-11-15-14(16(20)12-17(15)21)8-5-6-9-18(22)23/h10-11,13-16,19-20H,2-9,12H2,1H3,(H,22,23)/b11-10+/t13-,14+,15-,16+/m1/s1. The number of carboxylic acids is 1. The van der Waals surface area contributed by atoms with Crippen molar-refractivity contribution in [3.8, 4) is 0 Å². The van der Waals surface area contributed by atoms with Crippen molar-refractivity contribution in [3.63, 3.8) is 0 Å². The fraction of sp³-hybridized carbons (Fsp3) is 0.778. The number of allylic oxidation sites excluding steroid dienone is 1. The van der Waals surface area contributed by atoms with Crippen LogP contribution >= 0.6 is 0 Å². The van der Waals surface area contributed by atoms with Gasteiger partial charge in [0, 0.05) is 18.8 Å². The molecule has 0 aromatic carbocycles. The summed E-state index contributed by atoms with van der Waals surface area (Å²) >= 11 is 0. The molecule has 1 aliphatic carbocycles. The summed E-state index contributed by atoms with van der Waals surface area (Å²) in [6, 6.07) is 0. The molecule has 0 aromatic heterocycles.